The molecular formula is C17H16FN3O4. The molecule has 2 aromatic carbocycles. The Morgan fingerprint density at radius 1 is 1.04 bits per heavy atom. The van der Waals surface area contributed by atoms with Gasteiger partial charge in [-0.15, -0.1) is 0 Å². The van der Waals surface area contributed by atoms with Crippen molar-refractivity contribution >= 4 is 23.7 Å². The highest BCUT2D eigenvalue weighted by atomic mass is 19.1. The lowest BCUT2D eigenvalue weighted by Crippen LogP contribution is -2.32. The quantitative estimate of drug-likeness (QED) is 0.492. The minimum absolute atomic E-state index is 0.292. The number of anilines is 1. The van der Waals surface area contributed by atoms with Crippen LogP contribution in [0.1, 0.15) is 5.56 Å². The minimum Gasteiger partial charge on any atom is -0.493 e. The molecular weight excluding hydrogens is 329 g/mol. The number of methoxy groups -OCH3 is 2. The van der Waals surface area contributed by atoms with Crippen LogP contribution in [0.15, 0.2) is 47.6 Å². The van der Waals surface area contributed by atoms with Crippen molar-refractivity contribution in [2.24, 2.45) is 5.10 Å². The van der Waals surface area contributed by atoms with Gasteiger partial charge in [0, 0.05) is 11.3 Å². The molecule has 0 radical (unpaired) electrons. The molecule has 0 spiro atoms. The number of hydrazone groups is 1. The van der Waals surface area contributed by atoms with Crippen LogP contribution in [-0.2, 0) is 9.59 Å². The number of rotatable bonds is 5. The van der Waals surface area contributed by atoms with E-state index in [2.05, 4.69) is 15.8 Å². The van der Waals surface area contributed by atoms with Crippen molar-refractivity contribution < 1.29 is 23.5 Å². The van der Waals surface area contributed by atoms with Gasteiger partial charge in [0.2, 0.25) is 0 Å². The van der Waals surface area contributed by atoms with E-state index in [0.29, 0.717) is 22.7 Å². The van der Waals surface area contributed by atoms with Gasteiger partial charge in [-0.3, -0.25) is 9.59 Å². The zero-order valence-electron chi connectivity index (χ0n) is 13.6. The van der Waals surface area contributed by atoms with Crippen LogP contribution in [0.4, 0.5) is 10.1 Å². The fourth-order valence-corrected chi connectivity index (χ4v) is 1.95. The maximum absolute atomic E-state index is 12.8. The molecule has 0 saturated heterocycles. The maximum Gasteiger partial charge on any atom is 0.329 e. The van der Waals surface area contributed by atoms with E-state index in [0.717, 1.165) is 0 Å². The number of carbonyl (C=O) groups excluding carboxylic acids is 2. The van der Waals surface area contributed by atoms with Crippen molar-refractivity contribution in [3.05, 3.63) is 53.8 Å². The highest BCUT2D eigenvalue weighted by molar-refractivity contribution is 6.39. The summed E-state index contributed by atoms with van der Waals surface area (Å²) in [4.78, 5) is 23.4. The minimum atomic E-state index is -0.970. The standard InChI is InChI=1S/C17H16FN3O4/c1-24-14-5-3-4-11(15(14)25-2)10-19-21-17(23)16(22)20-13-8-6-12(18)7-9-13/h3-10H,1-2H3,(H,20,22)(H,21,23). The molecule has 2 amide bonds. The third-order valence-corrected chi connectivity index (χ3v) is 3.11. The Morgan fingerprint density at radius 3 is 2.40 bits per heavy atom. The lowest BCUT2D eigenvalue weighted by Gasteiger charge is -2.09. The lowest BCUT2D eigenvalue weighted by molar-refractivity contribution is -0.136. The van der Waals surface area contributed by atoms with E-state index in [4.69, 9.17) is 9.47 Å². The summed E-state index contributed by atoms with van der Waals surface area (Å²) >= 11 is 0. The number of para-hydroxylation sites is 1. The molecule has 7 nitrogen and oxygen atoms in total. The predicted molar refractivity (Wildman–Crippen MR) is 90.3 cm³/mol. The summed E-state index contributed by atoms with van der Waals surface area (Å²) < 4.78 is 23.2. The van der Waals surface area contributed by atoms with Crippen LogP contribution in [0, 0.1) is 5.82 Å². The zero-order valence-corrected chi connectivity index (χ0v) is 13.6. The monoisotopic (exact) mass is 345 g/mol. The van der Waals surface area contributed by atoms with Gasteiger partial charge < -0.3 is 14.8 Å². The van der Waals surface area contributed by atoms with Crippen LogP contribution in [0.3, 0.4) is 0 Å². The van der Waals surface area contributed by atoms with Gasteiger partial charge in [0.05, 0.1) is 20.4 Å². The molecule has 25 heavy (non-hydrogen) atoms. The van der Waals surface area contributed by atoms with Crippen molar-refractivity contribution in [1.82, 2.24) is 5.43 Å². The van der Waals surface area contributed by atoms with Crippen molar-refractivity contribution in [3.63, 3.8) is 0 Å². The molecule has 0 fully saturated rings. The molecule has 0 heterocycles. The van der Waals surface area contributed by atoms with Gasteiger partial charge in [0.25, 0.3) is 0 Å². The number of carbonyl (C=O) groups is 2. The average Bonchev–Trinajstić information content (AvgIpc) is 2.63. The molecule has 0 unspecified atom stereocenters. The van der Waals surface area contributed by atoms with Crippen molar-refractivity contribution in [3.8, 4) is 11.5 Å². The van der Waals surface area contributed by atoms with Gasteiger partial charge in [-0.05, 0) is 36.4 Å². The van der Waals surface area contributed by atoms with Crippen molar-refractivity contribution in [1.29, 1.82) is 0 Å². The summed E-state index contributed by atoms with van der Waals surface area (Å²) in [5, 5.41) is 6.04. The molecule has 8 heteroatoms. The Morgan fingerprint density at radius 2 is 1.76 bits per heavy atom. The number of nitrogens with one attached hydrogen (secondary N) is 2. The average molecular weight is 345 g/mol. The normalized spacial score (nSPS) is 10.4. The summed E-state index contributed by atoms with van der Waals surface area (Å²) in [7, 11) is 2.98. The molecule has 130 valence electrons. The SMILES string of the molecule is COc1cccc(C=NNC(=O)C(=O)Nc2ccc(F)cc2)c1OC. The van der Waals surface area contributed by atoms with Gasteiger partial charge in [0.1, 0.15) is 5.82 Å². The summed E-state index contributed by atoms with van der Waals surface area (Å²) in [6.45, 7) is 0. The van der Waals surface area contributed by atoms with E-state index >= 15 is 0 Å². The molecule has 0 aliphatic carbocycles. The summed E-state index contributed by atoms with van der Waals surface area (Å²) in [6, 6.07) is 10.2. The van der Waals surface area contributed by atoms with Gasteiger partial charge >= 0.3 is 11.8 Å². The Bertz CT molecular complexity index is 791. The molecule has 2 aromatic rings. The van der Waals surface area contributed by atoms with E-state index in [-0.39, 0.29) is 0 Å². The van der Waals surface area contributed by atoms with Crippen LogP contribution >= 0.6 is 0 Å². The van der Waals surface area contributed by atoms with Gasteiger partial charge in [-0.25, -0.2) is 9.82 Å². The van der Waals surface area contributed by atoms with E-state index in [1.807, 2.05) is 0 Å². The first-order valence-electron chi connectivity index (χ1n) is 7.16. The number of nitrogens with zero attached hydrogens (tertiary/aromatic N) is 1. The second kappa shape index (κ2) is 8.44. The Balaban J connectivity index is 1.98. The molecule has 0 bridgehead atoms. The summed E-state index contributed by atoms with van der Waals surface area (Å²) in [5.41, 5.74) is 2.95. The summed E-state index contributed by atoms with van der Waals surface area (Å²) in [6.07, 6.45) is 1.32. The zero-order chi connectivity index (χ0) is 18.2. The number of hydrogen-bond donors (Lipinski definition) is 2. The number of ether oxygens (including phenoxy) is 2. The molecule has 2 rings (SSSR count). The number of hydrogen-bond acceptors (Lipinski definition) is 5. The highest BCUT2D eigenvalue weighted by Gasteiger charge is 2.13. The fourth-order valence-electron chi connectivity index (χ4n) is 1.95. The van der Waals surface area contributed by atoms with Crippen LogP contribution in [0.25, 0.3) is 0 Å². The van der Waals surface area contributed by atoms with E-state index < -0.39 is 17.6 Å². The van der Waals surface area contributed by atoms with Crippen molar-refractivity contribution in [2.45, 2.75) is 0 Å². The van der Waals surface area contributed by atoms with Crippen molar-refractivity contribution in [2.75, 3.05) is 19.5 Å². The lowest BCUT2D eigenvalue weighted by atomic mass is 10.2. The molecule has 0 atom stereocenters. The second-order valence-corrected chi connectivity index (χ2v) is 4.74. The van der Waals surface area contributed by atoms with Gasteiger partial charge in [-0.2, -0.15) is 5.10 Å². The highest BCUT2D eigenvalue weighted by Crippen LogP contribution is 2.29. The first-order chi connectivity index (χ1) is 12.0. The molecule has 0 saturated carbocycles. The van der Waals surface area contributed by atoms with Gasteiger partial charge in [0.15, 0.2) is 11.5 Å². The van der Waals surface area contributed by atoms with E-state index in [1.54, 1.807) is 18.2 Å². The molecule has 0 aromatic heterocycles. The third-order valence-electron chi connectivity index (χ3n) is 3.11. The first-order valence-corrected chi connectivity index (χ1v) is 7.16. The maximum atomic E-state index is 12.8. The number of benzene rings is 2. The number of halogens is 1. The fraction of sp³-hybridized carbons (Fsp3) is 0.118. The first kappa shape index (κ1) is 17.9. The Kier molecular flexibility index (Phi) is 6.05. The van der Waals surface area contributed by atoms with Crippen LogP contribution in [-0.4, -0.2) is 32.2 Å². The van der Waals surface area contributed by atoms with E-state index in [1.165, 1.54) is 44.7 Å². The number of amides is 2. The second-order valence-electron chi connectivity index (χ2n) is 4.74. The molecule has 2 N–H and O–H groups in total. The van der Waals surface area contributed by atoms with Crippen LogP contribution < -0.4 is 20.2 Å². The smallest absolute Gasteiger partial charge is 0.329 e. The largest absolute Gasteiger partial charge is 0.493 e. The molecule has 0 aliphatic rings. The van der Waals surface area contributed by atoms with Crippen LogP contribution in [0.5, 0.6) is 11.5 Å². The third kappa shape index (κ3) is 4.77. The van der Waals surface area contributed by atoms with Crippen LogP contribution in [0.2, 0.25) is 0 Å². The Hall–Kier alpha value is -3.42. The van der Waals surface area contributed by atoms with Gasteiger partial charge in [-0.1, -0.05) is 6.07 Å². The molecule has 0 aliphatic heterocycles. The topological polar surface area (TPSA) is 89.0 Å². The Labute approximate surface area is 143 Å². The van der Waals surface area contributed by atoms with E-state index in [9.17, 15) is 14.0 Å². The predicted octanol–water partition coefficient (Wildman–Crippen LogP) is 1.93. The summed E-state index contributed by atoms with van der Waals surface area (Å²) in [5.74, 6) is -1.39.